The summed E-state index contributed by atoms with van der Waals surface area (Å²) in [6.45, 7) is 2.02. The Morgan fingerprint density at radius 2 is 2.47 bits per heavy atom. The van der Waals surface area contributed by atoms with Crippen LogP contribution in [0.25, 0.3) is 0 Å². The highest BCUT2D eigenvalue weighted by Gasteiger charge is 2.28. The van der Waals surface area contributed by atoms with Gasteiger partial charge in [0.15, 0.2) is 0 Å². The van der Waals surface area contributed by atoms with Crippen molar-refractivity contribution in [3.63, 3.8) is 0 Å². The normalized spacial score (nSPS) is 16.2. The van der Waals surface area contributed by atoms with E-state index in [1.807, 2.05) is 6.92 Å². The van der Waals surface area contributed by atoms with Crippen LogP contribution in [0, 0.1) is 12.3 Å². The van der Waals surface area contributed by atoms with Crippen molar-refractivity contribution in [3.05, 3.63) is 11.6 Å². The number of carbonyl (C=O) groups excluding carboxylic acids is 1. The van der Waals surface area contributed by atoms with Crippen molar-refractivity contribution in [2.75, 3.05) is 0 Å². The third kappa shape index (κ3) is 2.84. The van der Waals surface area contributed by atoms with E-state index >= 15 is 0 Å². The highest BCUT2D eigenvalue weighted by atomic mass is 16.2. The van der Waals surface area contributed by atoms with Crippen LogP contribution in [-0.4, -0.2) is 27.1 Å². The molecular weight excluding hydrogens is 216 g/mol. The fourth-order valence-electron chi connectivity index (χ4n) is 1.62. The van der Waals surface area contributed by atoms with Crippen LogP contribution in [0.15, 0.2) is 0 Å². The summed E-state index contributed by atoms with van der Waals surface area (Å²) in [4.78, 5) is 16.0. The predicted octanol–water partition coefficient (Wildman–Crippen LogP) is 1.21. The Balaban J connectivity index is 1.96. The van der Waals surface area contributed by atoms with Gasteiger partial charge in [0.2, 0.25) is 5.82 Å². The fourth-order valence-corrected chi connectivity index (χ4v) is 1.62. The van der Waals surface area contributed by atoms with Crippen LogP contribution >= 0.6 is 0 Å². The first-order valence-electron chi connectivity index (χ1n) is 5.94. The third-order valence-corrected chi connectivity index (χ3v) is 2.75. The maximum Gasteiger partial charge on any atom is 0.291 e. The van der Waals surface area contributed by atoms with Crippen LogP contribution < -0.4 is 5.32 Å². The molecule has 1 heterocycles. The van der Waals surface area contributed by atoms with Crippen LogP contribution in [0.5, 0.6) is 0 Å². The van der Waals surface area contributed by atoms with Crippen molar-refractivity contribution >= 4 is 5.91 Å². The first kappa shape index (κ1) is 11.6. The minimum atomic E-state index is -0.301. The van der Waals surface area contributed by atoms with Crippen molar-refractivity contribution < 1.29 is 4.79 Å². The fraction of sp³-hybridized carbons (Fsp3) is 0.583. The Labute approximate surface area is 100 Å². The molecule has 0 bridgehead atoms. The number of nitrogens with zero attached hydrogens (tertiary/aromatic N) is 2. The molecule has 1 amide bonds. The summed E-state index contributed by atoms with van der Waals surface area (Å²) in [5.41, 5.74) is 0. The van der Waals surface area contributed by atoms with Gasteiger partial charge in [-0.25, -0.2) is 4.98 Å². The van der Waals surface area contributed by atoms with Gasteiger partial charge in [0, 0.05) is 5.92 Å². The lowest BCUT2D eigenvalue weighted by molar-refractivity contribution is 0.0934. The highest BCUT2D eigenvalue weighted by Crippen LogP contribution is 2.37. The lowest BCUT2D eigenvalue weighted by atomic mass is 10.2. The van der Waals surface area contributed by atoms with Crippen LogP contribution in [0.3, 0.4) is 0 Å². The largest absolute Gasteiger partial charge is 0.336 e. The minimum Gasteiger partial charge on any atom is -0.336 e. The molecule has 1 unspecified atom stereocenters. The SMILES string of the molecule is C#CC(CCC)NC(=O)c1n[nH]c(C2CC2)n1. The minimum absolute atomic E-state index is 0.184. The number of carbonyl (C=O) groups is 1. The van der Waals surface area contributed by atoms with E-state index in [4.69, 9.17) is 6.42 Å². The van der Waals surface area contributed by atoms with Crippen molar-refractivity contribution in [2.45, 2.75) is 44.6 Å². The molecule has 0 spiro atoms. The van der Waals surface area contributed by atoms with Gasteiger partial charge in [0.05, 0.1) is 6.04 Å². The zero-order valence-electron chi connectivity index (χ0n) is 9.86. The second-order valence-electron chi connectivity index (χ2n) is 4.30. The summed E-state index contributed by atoms with van der Waals surface area (Å²) >= 11 is 0. The molecule has 1 aliphatic carbocycles. The van der Waals surface area contributed by atoms with Crippen LogP contribution in [0.2, 0.25) is 0 Å². The van der Waals surface area contributed by atoms with Crippen LogP contribution in [0.4, 0.5) is 0 Å². The second kappa shape index (κ2) is 5.00. The van der Waals surface area contributed by atoms with Gasteiger partial charge >= 0.3 is 0 Å². The first-order chi connectivity index (χ1) is 8.24. The van der Waals surface area contributed by atoms with Crippen molar-refractivity contribution in [1.82, 2.24) is 20.5 Å². The monoisotopic (exact) mass is 232 g/mol. The maximum absolute atomic E-state index is 11.8. The molecule has 90 valence electrons. The summed E-state index contributed by atoms with van der Waals surface area (Å²) in [5, 5.41) is 9.44. The molecule has 0 saturated heterocycles. The van der Waals surface area contributed by atoms with E-state index in [9.17, 15) is 4.79 Å². The zero-order chi connectivity index (χ0) is 12.3. The summed E-state index contributed by atoms with van der Waals surface area (Å²) in [6.07, 6.45) is 9.28. The van der Waals surface area contributed by atoms with E-state index in [1.165, 1.54) is 0 Å². The molecule has 1 aliphatic rings. The Hall–Kier alpha value is -1.83. The Morgan fingerprint density at radius 3 is 3.06 bits per heavy atom. The van der Waals surface area contributed by atoms with E-state index in [1.54, 1.807) is 0 Å². The molecular formula is C12H16N4O. The van der Waals surface area contributed by atoms with E-state index in [-0.39, 0.29) is 17.8 Å². The van der Waals surface area contributed by atoms with Gasteiger partial charge in [-0.2, -0.15) is 0 Å². The summed E-state index contributed by atoms with van der Waals surface area (Å²) in [6, 6.07) is -0.240. The molecule has 2 rings (SSSR count). The standard InChI is InChI=1S/C12H16N4O/c1-3-5-9(4-2)13-12(17)11-14-10(15-16-11)8-6-7-8/h2,8-9H,3,5-7H2,1H3,(H,13,17)(H,14,15,16). The average Bonchev–Trinajstić information content (AvgIpc) is 3.06. The predicted molar refractivity (Wildman–Crippen MR) is 63.4 cm³/mol. The van der Waals surface area contributed by atoms with Gasteiger partial charge < -0.3 is 5.32 Å². The lowest BCUT2D eigenvalue weighted by Gasteiger charge is -2.09. The van der Waals surface area contributed by atoms with E-state index < -0.39 is 0 Å². The number of rotatable bonds is 5. The molecule has 1 aromatic rings. The number of aromatic amines is 1. The van der Waals surface area contributed by atoms with E-state index in [2.05, 4.69) is 26.4 Å². The molecule has 2 N–H and O–H groups in total. The Bertz CT molecular complexity index is 442. The average molecular weight is 232 g/mol. The van der Waals surface area contributed by atoms with Crippen molar-refractivity contribution in [2.24, 2.45) is 0 Å². The molecule has 1 fully saturated rings. The number of hydrogen-bond acceptors (Lipinski definition) is 3. The van der Waals surface area contributed by atoms with E-state index in [0.29, 0.717) is 5.92 Å². The third-order valence-electron chi connectivity index (χ3n) is 2.75. The maximum atomic E-state index is 11.8. The zero-order valence-corrected chi connectivity index (χ0v) is 9.86. The number of terminal acetylenes is 1. The second-order valence-corrected chi connectivity index (χ2v) is 4.30. The molecule has 0 radical (unpaired) electrons. The summed E-state index contributed by atoms with van der Waals surface area (Å²) < 4.78 is 0. The quantitative estimate of drug-likeness (QED) is 0.750. The lowest BCUT2D eigenvalue weighted by Crippen LogP contribution is -2.34. The van der Waals surface area contributed by atoms with Crippen molar-refractivity contribution in [3.8, 4) is 12.3 Å². The molecule has 1 saturated carbocycles. The summed E-state index contributed by atoms with van der Waals surface area (Å²) in [5.74, 6) is 3.70. The van der Waals surface area contributed by atoms with Gasteiger partial charge in [0.25, 0.3) is 5.91 Å². The molecule has 1 atom stereocenters. The van der Waals surface area contributed by atoms with Crippen LogP contribution in [0.1, 0.15) is 55.0 Å². The number of aromatic nitrogens is 3. The topological polar surface area (TPSA) is 70.7 Å². The first-order valence-corrected chi connectivity index (χ1v) is 5.94. The van der Waals surface area contributed by atoms with E-state index in [0.717, 1.165) is 31.5 Å². The van der Waals surface area contributed by atoms with Gasteiger partial charge in [-0.15, -0.1) is 11.5 Å². The van der Waals surface area contributed by atoms with Crippen molar-refractivity contribution in [1.29, 1.82) is 0 Å². The molecule has 5 heteroatoms. The number of hydrogen-bond donors (Lipinski definition) is 2. The van der Waals surface area contributed by atoms with Gasteiger partial charge in [-0.05, 0) is 19.3 Å². The summed E-state index contributed by atoms with van der Waals surface area (Å²) in [7, 11) is 0. The highest BCUT2D eigenvalue weighted by molar-refractivity contribution is 5.90. The number of nitrogens with one attached hydrogen (secondary N) is 2. The Kier molecular flexibility index (Phi) is 3.43. The van der Waals surface area contributed by atoms with Gasteiger partial charge in [-0.1, -0.05) is 19.3 Å². The molecule has 17 heavy (non-hydrogen) atoms. The smallest absolute Gasteiger partial charge is 0.291 e. The molecule has 0 aromatic carbocycles. The van der Waals surface area contributed by atoms with Crippen LogP contribution in [-0.2, 0) is 0 Å². The van der Waals surface area contributed by atoms with Gasteiger partial charge in [-0.3, -0.25) is 9.89 Å². The Morgan fingerprint density at radius 1 is 1.71 bits per heavy atom. The molecule has 5 nitrogen and oxygen atoms in total. The molecule has 1 aromatic heterocycles. The number of H-pyrrole nitrogens is 1. The number of amides is 1. The molecule has 0 aliphatic heterocycles. The van der Waals surface area contributed by atoms with Gasteiger partial charge in [0.1, 0.15) is 5.82 Å².